The molecule has 3 aliphatic rings. The molecule has 3 N–H and O–H groups in total. The van der Waals surface area contributed by atoms with Gasteiger partial charge < -0.3 is 30.0 Å². The number of amides is 3. The van der Waals surface area contributed by atoms with Crippen LogP contribution in [0.3, 0.4) is 0 Å². The number of aromatic nitrogens is 2. The molecular formula is C35H50FN5O6. The number of alkyl halides is 1. The van der Waals surface area contributed by atoms with E-state index in [2.05, 4.69) is 20.6 Å². The van der Waals surface area contributed by atoms with Crippen molar-refractivity contribution in [3.05, 3.63) is 23.9 Å². The van der Waals surface area contributed by atoms with Crippen molar-refractivity contribution < 1.29 is 33.0 Å². The van der Waals surface area contributed by atoms with Gasteiger partial charge in [-0.05, 0) is 95.8 Å². The Morgan fingerprint density at radius 2 is 1.77 bits per heavy atom. The highest BCUT2D eigenvalue weighted by atomic mass is 19.1. The minimum atomic E-state index is -0.702. The molecule has 11 nitrogen and oxygen atoms in total. The molecule has 3 fully saturated rings. The number of esters is 1. The number of pyridine rings is 1. The molecule has 1 aliphatic heterocycles. The van der Waals surface area contributed by atoms with Crippen molar-refractivity contribution in [3.8, 4) is 0 Å². The van der Waals surface area contributed by atoms with Crippen LogP contribution in [-0.2, 0) is 19.1 Å². The predicted octanol–water partition coefficient (Wildman–Crippen LogP) is 6.14. The average Bonchev–Trinajstić information content (AvgIpc) is 3.68. The fourth-order valence-corrected chi connectivity index (χ4v) is 7.80. The Morgan fingerprint density at radius 1 is 1.04 bits per heavy atom. The van der Waals surface area contributed by atoms with Crippen LogP contribution in [0.2, 0.25) is 0 Å². The number of H-pyrrole nitrogens is 1. The first-order valence-electron chi connectivity index (χ1n) is 17.3. The first-order valence-corrected chi connectivity index (χ1v) is 17.3. The Labute approximate surface area is 276 Å². The Kier molecular flexibility index (Phi) is 11.1. The number of nitrogens with one attached hydrogen (secondary N) is 3. The van der Waals surface area contributed by atoms with Crippen molar-refractivity contribution in [2.24, 2.45) is 23.7 Å². The van der Waals surface area contributed by atoms with Crippen LogP contribution in [0.1, 0.15) is 102 Å². The third-order valence-corrected chi connectivity index (χ3v) is 10.0. The minimum Gasteiger partial charge on any atom is -0.461 e. The summed E-state index contributed by atoms with van der Waals surface area (Å²) in [7, 11) is 0. The number of carbonyl (C=O) groups excluding carboxylic acids is 4. The van der Waals surface area contributed by atoms with Crippen molar-refractivity contribution >= 4 is 40.7 Å². The fraction of sp³-hybridized carbons (Fsp3) is 0.686. The van der Waals surface area contributed by atoms with E-state index in [1.807, 2.05) is 0 Å². The molecule has 2 saturated carbocycles. The van der Waals surface area contributed by atoms with Gasteiger partial charge >= 0.3 is 12.1 Å². The van der Waals surface area contributed by atoms with Gasteiger partial charge in [0.2, 0.25) is 11.8 Å². The SMILES string of the molecule is CCOC(=O)c1cc2nc(NC(=O)[C@@H]3[C@H](C4CCCCC4)CCN3C(=O)C3CCC([C@@H](CF)NC(=O)OC(C)(C)C)CC3)ccc2[nH]1. The zero-order chi connectivity index (χ0) is 33.7. The number of halogens is 1. The standard InChI is InChI=1S/C35H50FN5O6/c1-5-46-33(44)27-19-26-25(37-27)15-16-29(38-26)40-31(42)30-24(21-9-7-6-8-10-21)17-18-41(30)32(43)23-13-11-22(12-14-23)28(20-36)39-34(45)47-35(2,3)4/h15-16,19,21-24,28,30,37H,5-14,17-18,20H2,1-4H3,(H,39,45)(H,38,40,42)/t22?,23?,24-,28+,30-/m0/s1. The molecular weight excluding hydrogens is 605 g/mol. The summed E-state index contributed by atoms with van der Waals surface area (Å²) in [4.78, 5) is 62.0. The van der Waals surface area contributed by atoms with Crippen LogP contribution in [0.15, 0.2) is 18.2 Å². The van der Waals surface area contributed by atoms with Gasteiger partial charge in [-0.15, -0.1) is 0 Å². The van der Waals surface area contributed by atoms with Gasteiger partial charge in [-0.2, -0.15) is 0 Å². The first-order chi connectivity index (χ1) is 22.5. The Balaban J connectivity index is 1.27. The van der Waals surface area contributed by atoms with Crippen molar-refractivity contribution in [3.63, 3.8) is 0 Å². The fourth-order valence-electron chi connectivity index (χ4n) is 7.80. The third-order valence-electron chi connectivity index (χ3n) is 10.0. The van der Waals surface area contributed by atoms with Crippen LogP contribution in [0, 0.1) is 23.7 Å². The van der Waals surface area contributed by atoms with E-state index in [-0.39, 0.29) is 41.9 Å². The van der Waals surface area contributed by atoms with Crippen LogP contribution in [0.4, 0.5) is 15.0 Å². The van der Waals surface area contributed by atoms with Crippen LogP contribution in [0.25, 0.3) is 11.0 Å². The van der Waals surface area contributed by atoms with Crippen LogP contribution in [0.5, 0.6) is 0 Å². The molecule has 2 aromatic rings. The first kappa shape index (κ1) is 34.6. The van der Waals surface area contributed by atoms with E-state index in [1.54, 1.807) is 50.8 Å². The molecule has 3 amide bonds. The second-order valence-corrected chi connectivity index (χ2v) is 14.4. The minimum absolute atomic E-state index is 0.0214. The largest absolute Gasteiger partial charge is 0.461 e. The van der Waals surface area contributed by atoms with E-state index in [0.29, 0.717) is 55.0 Å². The molecule has 0 bridgehead atoms. The van der Waals surface area contributed by atoms with Gasteiger partial charge in [0.1, 0.15) is 29.8 Å². The van der Waals surface area contributed by atoms with Crippen molar-refractivity contribution in [2.75, 3.05) is 25.1 Å². The summed E-state index contributed by atoms with van der Waals surface area (Å²) in [6.45, 7) is 7.11. The van der Waals surface area contributed by atoms with Crippen molar-refractivity contribution in [1.82, 2.24) is 20.2 Å². The Morgan fingerprint density at radius 3 is 2.43 bits per heavy atom. The van der Waals surface area contributed by atoms with Gasteiger partial charge in [0.05, 0.1) is 23.7 Å². The number of fused-ring (bicyclic) bond motifs is 1. The van der Waals surface area contributed by atoms with Gasteiger partial charge in [-0.3, -0.25) is 9.59 Å². The number of likely N-dealkylation sites (tertiary alicyclic amines) is 1. The van der Waals surface area contributed by atoms with Gasteiger partial charge in [-0.1, -0.05) is 32.1 Å². The molecule has 2 aromatic heterocycles. The highest BCUT2D eigenvalue weighted by Crippen LogP contribution is 2.41. The van der Waals surface area contributed by atoms with E-state index < -0.39 is 36.4 Å². The molecule has 0 unspecified atom stereocenters. The summed E-state index contributed by atoms with van der Waals surface area (Å²) in [5.74, 6) is -0.291. The molecule has 0 aromatic carbocycles. The topological polar surface area (TPSA) is 143 Å². The van der Waals surface area contributed by atoms with Crippen molar-refractivity contribution in [1.29, 1.82) is 0 Å². The zero-order valence-electron chi connectivity index (χ0n) is 28.1. The smallest absolute Gasteiger partial charge is 0.407 e. The lowest BCUT2D eigenvalue weighted by Gasteiger charge is -2.37. The summed E-state index contributed by atoms with van der Waals surface area (Å²) >= 11 is 0. The van der Waals surface area contributed by atoms with E-state index >= 15 is 0 Å². The molecule has 5 rings (SSSR count). The molecule has 1 saturated heterocycles. The number of carbonyl (C=O) groups is 4. The Hall–Kier alpha value is -3.70. The number of rotatable bonds is 9. The van der Waals surface area contributed by atoms with E-state index in [0.717, 1.165) is 32.1 Å². The van der Waals surface area contributed by atoms with Crippen LogP contribution >= 0.6 is 0 Å². The van der Waals surface area contributed by atoms with E-state index in [4.69, 9.17) is 9.47 Å². The van der Waals surface area contributed by atoms with Gasteiger partial charge in [0.25, 0.3) is 0 Å². The lowest BCUT2D eigenvalue weighted by molar-refractivity contribution is -0.142. The third kappa shape index (κ3) is 8.43. The summed E-state index contributed by atoms with van der Waals surface area (Å²) in [5.41, 5.74) is 0.784. The number of ether oxygens (including phenoxy) is 2. The summed E-state index contributed by atoms with van der Waals surface area (Å²) < 4.78 is 24.4. The second kappa shape index (κ2) is 15.0. The maximum Gasteiger partial charge on any atom is 0.407 e. The molecule has 2 aliphatic carbocycles. The highest BCUT2D eigenvalue weighted by molar-refractivity contribution is 5.99. The van der Waals surface area contributed by atoms with Crippen LogP contribution in [-0.4, -0.2) is 76.3 Å². The molecule has 258 valence electrons. The Bertz CT molecular complexity index is 1430. The maximum absolute atomic E-state index is 14.1. The van der Waals surface area contributed by atoms with E-state index in [9.17, 15) is 23.6 Å². The number of hydrogen-bond acceptors (Lipinski definition) is 7. The monoisotopic (exact) mass is 655 g/mol. The lowest BCUT2D eigenvalue weighted by atomic mass is 9.76. The molecule has 3 atom stereocenters. The number of nitrogens with zero attached hydrogens (tertiary/aromatic N) is 2. The molecule has 12 heteroatoms. The van der Waals surface area contributed by atoms with E-state index in [1.165, 1.54) is 6.42 Å². The number of hydrogen-bond donors (Lipinski definition) is 3. The number of aromatic amines is 1. The number of alkyl carbamates (subject to hydrolysis) is 1. The van der Waals surface area contributed by atoms with Crippen LogP contribution < -0.4 is 10.6 Å². The summed E-state index contributed by atoms with van der Waals surface area (Å²) in [5, 5.41) is 5.68. The maximum atomic E-state index is 14.1. The average molecular weight is 656 g/mol. The zero-order valence-corrected chi connectivity index (χ0v) is 28.1. The van der Waals surface area contributed by atoms with Gasteiger partial charge in [-0.25, -0.2) is 19.0 Å². The summed E-state index contributed by atoms with van der Waals surface area (Å²) in [6.07, 6.45) is 8.07. The quantitative estimate of drug-likeness (QED) is 0.275. The van der Waals surface area contributed by atoms with Gasteiger partial charge in [0.15, 0.2) is 0 Å². The van der Waals surface area contributed by atoms with Crippen molar-refractivity contribution in [2.45, 2.75) is 110 Å². The normalized spacial score (nSPS) is 24.5. The predicted molar refractivity (Wildman–Crippen MR) is 175 cm³/mol. The molecule has 0 spiro atoms. The molecule has 0 radical (unpaired) electrons. The van der Waals surface area contributed by atoms with Gasteiger partial charge in [0, 0.05) is 12.5 Å². The molecule has 47 heavy (non-hydrogen) atoms. The number of anilines is 1. The molecule has 3 heterocycles. The second-order valence-electron chi connectivity index (χ2n) is 14.4. The lowest BCUT2D eigenvalue weighted by Crippen LogP contribution is -2.50. The summed E-state index contributed by atoms with van der Waals surface area (Å²) in [6, 6.07) is 3.79. The highest BCUT2D eigenvalue weighted by Gasteiger charge is 2.47.